The van der Waals surface area contributed by atoms with Crippen LogP contribution in [0.4, 0.5) is 4.79 Å². The Morgan fingerprint density at radius 3 is 2.74 bits per heavy atom. The van der Waals surface area contributed by atoms with Crippen LogP contribution in [0.5, 0.6) is 0 Å². The molecule has 0 aromatic heterocycles. The van der Waals surface area contributed by atoms with Crippen molar-refractivity contribution in [1.82, 2.24) is 20.0 Å². The van der Waals surface area contributed by atoms with Crippen LogP contribution in [0.15, 0.2) is 0 Å². The van der Waals surface area contributed by atoms with Gasteiger partial charge in [-0.2, -0.15) is 5.26 Å². The second-order valence-electron chi connectivity index (χ2n) is 6.16. The molecule has 1 N–H and O–H groups in total. The molecule has 0 saturated carbocycles. The predicted molar refractivity (Wildman–Crippen MR) is 86.7 cm³/mol. The Morgan fingerprint density at radius 1 is 1.30 bits per heavy atom. The summed E-state index contributed by atoms with van der Waals surface area (Å²) >= 11 is 0. The first-order chi connectivity index (χ1) is 11.2. The van der Waals surface area contributed by atoms with Crippen molar-refractivity contribution in [1.29, 1.82) is 5.26 Å². The predicted octanol–water partition coefficient (Wildman–Crippen LogP) is 0.628. The molecule has 2 heterocycles. The minimum atomic E-state index is -0.267. The average Bonchev–Trinajstić information content (AvgIpc) is 3.16. The molecule has 7 heteroatoms. The molecule has 3 amide bonds. The van der Waals surface area contributed by atoms with Gasteiger partial charge in [-0.05, 0) is 19.3 Å². The van der Waals surface area contributed by atoms with E-state index in [2.05, 4.69) is 18.3 Å². The largest absolute Gasteiger partial charge is 0.326 e. The Balaban J connectivity index is 1.63. The van der Waals surface area contributed by atoms with E-state index >= 15 is 0 Å². The summed E-state index contributed by atoms with van der Waals surface area (Å²) in [6, 6.07) is 2.02. The quantitative estimate of drug-likeness (QED) is 0.665. The molecule has 2 aliphatic rings. The molecule has 0 unspecified atom stereocenters. The third-order valence-corrected chi connectivity index (χ3v) is 4.52. The van der Waals surface area contributed by atoms with Crippen molar-refractivity contribution in [3.05, 3.63) is 0 Å². The summed E-state index contributed by atoms with van der Waals surface area (Å²) in [7, 11) is 0. The van der Waals surface area contributed by atoms with E-state index in [1.165, 1.54) is 0 Å². The molecule has 2 rings (SSSR count). The molecule has 23 heavy (non-hydrogen) atoms. The van der Waals surface area contributed by atoms with E-state index in [0.717, 1.165) is 45.3 Å². The van der Waals surface area contributed by atoms with Crippen LogP contribution in [0.3, 0.4) is 0 Å². The van der Waals surface area contributed by atoms with E-state index < -0.39 is 0 Å². The molecule has 2 saturated heterocycles. The molecule has 1 atom stereocenters. The van der Waals surface area contributed by atoms with Gasteiger partial charge in [0, 0.05) is 39.3 Å². The fraction of sp³-hybridized carbons (Fsp3) is 0.812. The summed E-state index contributed by atoms with van der Waals surface area (Å²) in [6.45, 7) is 6.66. The molecule has 0 bridgehead atoms. The standard InChI is InChI=1S/C16H27N5O2/c1-2-3-7-19-10-11-20(16(19)23)9-6-18-13-15(22)21-8-4-5-14(21)12-17/h14,18H,2-11,13H2,1H3/t14-/m1/s1. The zero-order valence-corrected chi connectivity index (χ0v) is 14.0. The molecule has 2 fully saturated rings. The second-order valence-corrected chi connectivity index (χ2v) is 6.16. The van der Waals surface area contributed by atoms with Crippen molar-refractivity contribution in [3.8, 4) is 6.07 Å². The fourth-order valence-electron chi connectivity index (χ4n) is 3.11. The number of carbonyl (C=O) groups excluding carboxylic acids is 2. The van der Waals surface area contributed by atoms with Gasteiger partial charge in [0.2, 0.25) is 5.91 Å². The van der Waals surface area contributed by atoms with Crippen LogP contribution < -0.4 is 5.32 Å². The van der Waals surface area contributed by atoms with Crippen molar-refractivity contribution in [2.24, 2.45) is 0 Å². The normalized spacial score (nSPS) is 21.1. The first-order valence-electron chi connectivity index (χ1n) is 8.61. The number of rotatable bonds is 8. The summed E-state index contributed by atoms with van der Waals surface area (Å²) in [5.74, 6) is -0.0219. The first kappa shape index (κ1) is 17.5. The van der Waals surface area contributed by atoms with Gasteiger partial charge in [-0.15, -0.1) is 0 Å². The molecule has 0 aliphatic carbocycles. The molecular formula is C16H27N5O2. The van der Waals surface area contributed by atoms with Gasteiger partial charge in [0.05, 0.1) is 12.6 Å². The Morgan fingerprint density at radius 2 is 2.04 bits per heavy atom. The first-order valence-corrected chi connectivity index (χ1v) is 8.61. The monoisotopic (exact) mass is 321 g/mol. The third-order valence-electron chi connectivity index (χ3n) is 4.52. The minimum Gasteiger partial charge on any atom is -0.326 e. The zero-order chi connectivity index (χ0) is 16.7. The number of unbranched alkanes of at least 4 members (excludes halogenated alkanes) is 1. The molecule has 2 aliphatic heterocycles. The Kier molecular flexibility index (Phi) is 6.66. The van der Waals surface area contributed by atoms with Crippen molar-refractivity contribution < 1.29 is 9.59 Å². The van der Waals surface area contributed by atoms with Crippen LogP contribution >= 0.6 is 0 Å². The number of nitrogens with zero attached hydrogens (tertiary/aromatic N) is 4. The minimum absolute atomic E-state index is 0.0219. The molecule has 0 aromatic rings. The maximum Gasteiger partial charge on any atom is 0.320 e. The highest BCUT2D eigenvalue weighted by Crippen LogP contribution is 2.16. The van der Waals surface area contributed by atoms with Crippen molar-refractivity contribution >= 4 is 11.9 Å². The summed E-state index contributed by atoms with van der Waals surface area (Å²) in [4.78, 5) is 29.6. The topological polar surface area (TPSA) is 79.7 Å². The van der Waals surface area contributed by atoms with Gasteiger partial charge in [0.25, 0.3) is 0 Å². The Bertz CT molecular complexity index is 462. The number of urea groups is 1. The van der Waals surface area contributed by atoms with Gasteiger partial charge >= 0.3 is 6.03 Å². The van der Waals surface area contributed by atoms with Gasteiger partial charge < -0.3 is 20.0 Å². The van der Waals surface area contributed by atoms with E-state index in [1.807, 2.05) is 9.80 Å². The lowest BCUT2D eigenvalue weighted by molar-refractivity contribution is -0.130. The highest BCUT2D eigenvalue weighted by Gasteiger charge is 2.29. The molecule has 128 valence electrons. The van der Waals surface area contributed by atoms with Gasteiger partial charge in [-0.25, -0.2) is 4.79 Å². The van der Waals surface area contributed by atoms with Gasteiger partial charge in [-0.1, -0.05) is 13.3 Å². The zero-order valence-electron chi connectivity index (χ0n) is 14.0. The van der Waals surface area contributed by atoms with E-state index in [0.29, 0.717) is 19.6 Å². The number of hydrogen-bond donors (Lipinski definition) is 1. The molecular weight excluding hydrogens is 294 g/mol. The number of hydrogen-bond acceptors (Lipinski definition) is 4. The van der Waals surface area contributed by atoms with Gasteiger partial charge in [0.1, 0.15) is 6.04 Å². The molecule has 7 nitrogen and oxygen atoms in total. The van der Waals surface area contributed by atoms with E-state index in [9.17, 15) is 9.59 Å². The second kappa shape index (κ2) is 8.73. The highest BCUT2D eigenvalue weighted by molar-refractivity contribution is 5.79. The summed E-state index contributed by atoms with van der Waals surface area (Å²) < 4.78 is 0. The maximum absolute atomic E-state index is 12.1. The summed E-state index contributed by atoms with van der Waals surface area (Å²) in [6.07, 6.45) is 3.81. The number of nitrogens with one attached hydrogen (secondary N) is 1. The van der Waals surface area contributed by atoms with Crippen molar-refractivity contribution in [3.63, 3.8) is 0 Å². The van der Waals surface area contributed by atoms with Crippen LogP contribution in [-0.4, -0.2) is 78.5 Å². The van der Waals surface area contributed by atoms with E-state index in [-0.39, 0.29) is 24.5 Å². The van der Waals surface area contributed by atoms with Crippen LogP contribution in [0, 0.1) is 11.3 Å². The lowest BCUT2D eigenvalue weighted by atomic mass is 10.2. The Labute approximate surface area is 138 Å². The Hall–Kier alpha value is -1.81. The van der Waals surface area contributed by atoms with Crippen LogP contribution in [0.25, 0.3) is 0 Å². The van der Waals surface area contributed by atoms with E-state index in [1.54, 1.807) is 4.90 Å². The van der Waals surface area contributed by atoms with E-state index in [4.69, 9.17) is 5.26 Å². The summed E-state index contributed by atoms with van der Waals surface area (Å²) in [5.41, 5.74) is 0. The van der Waals surface area contributed by atoms with Crippen LogP contribution in [0.2, 0.25) is 0 Å². The molecule has 0 radical (unpaired) electrons. The number of likely N-dealkylation sites (tertiary alicyclic amines) is 1. The van der Waals surface area contributed by atoms with Gasteiger partial charge in [-0.3, -0.25) is 4.79 Å². The number of amides is 3. The highest BCUT2D eigenvalue weighted by atomic mass is 16.2. The smallest absolute Gasteiger partial charge is 0.320 e. The van der Waals surface area contributed by atoms with Gasteiger partial charge in [0.15, 0.2) is 0 Å². The molecule has 0 aromatic carbocycles. The average molecular weight is 321 g/mol. The van der Waals surface area contributed by atoms with Crippen molar-refractivity contribution in [2.75, 3.05) is 45.8 Å². The molecule has 0 spiro atoms. The fourth-order valence-corrected chi connectivity index (χ4v) is 3.11. The van der Waals surface area contributed by atoms with Crippen molar-refractivity contribution in [2.45, 2.75) is 38.6 Å². The van der Waals surface area contributed by atoms with Crippen LogP contribution in [-0.2, 0) is 4.79 Å². The summed E-state index contributed by atoms with van der Waals surface area (Å²) in [5, 5.41) is 12.1. The number of carbonyl (C=O) groups is 2. The lowest BCUT2D eigenvalue weighted by Gasteiger charge is -2.21. The maximum atomic E-state index is 12.1. The lowest BCUT2D eigenvalue weighted by Crippen LogP contribution is -2.43. The van der Waals surface area contributed by atoms with Crippen LogP contribution in [0.1, 0.15) is 32.6 Å². The SMILES string of the molecule is CCCCN1CCN(CCNCC(=O)N2CCC[C@@H]2C#N)C1=O. The number of nitriles is 1. The third kappa shape index (κ3) is 4.58.